The molecule has 1 N–H and O–H groups in total. The molecule has 1 aromatic rings. The molecule has 1 unspecified atom stereocenters. The molecule has 2 bridgehead atoms. The Labute approximate surface area is 129 Å². The van der Waals surface area contributed by atoms with Gasteiger partial charge < -0.3 is 5.32 Å². The number of fused-ring (bicyclic) bond motifs is 2. The van der Waals surface area contributed by atoms with Crippen LogP contribution in [-0.4, -0.2) is 6.04 Å². The van der Waals surface area contributed by atoms with Gasteiger partial charge in [0, 0.05) is 22.6 Å². The summed E-state index contributed by atoms with van der Waals surface area (Å²) in [6, 6.07) is 5.65. The highest BCUT2D eigenvalue weighted by atomic mass is 79.9. The molecule has 1 nitrogen and oxygen atoms in total. The summed E-state index contributed by atoms with van der Waals surface area (Å²) in [6.45, 7) is 7.76. The third-order valence-corrected chi connectivity index (χ3v) is 6.27. The number of nitrogens with one attached hydrogen (secondary N) is 1. The van der Waals surface area contributed by atoms with Gasteiger partial charge in [0.15, 0.2) is 0 Å². The highest BCUT2D eigenvalue weighted by molar-refractivity contribution is 9.10. The second-order valence-corrected chi connectivity index (χ2v) is 8.38. The zero-order chi connectivity index (χ0) is 14.5. The Kier molecular flexibility index (Phi) is 3.49. The lowest BCUT2D eigenvalue weighted by molar-refractivity contribution is 0.107. The normalized spacial score (nSPS) is 34.6. The SMILES string of the molecule is CC1(C)C(NCc2cc(Br)ccc2F)[C@]2(C)CC[C@H]1C2. The van der Waals surface area contributed by atoms with Crippen LogP contribution >= 0.6 is 15.9 Å². The van der Waals surface area contributed by atoms with Crippen molar-refractivity contribution in [2.24, 2.45) is 16.7 Å². The summed E-state index contributed by atoms with van der Waals surface area (Å²) in [4.78, 5) is 0. The van der Waals surface area contributed by atoms with Crippen LogP contribution < -0.4 is 5.32 Å². The molecule has 20 heavy (non-hydrogen) atoms. The van der Waals surface area contributed by atoms with Gasteiger partial charge in [-0.1, -0.05) is 36.7 Å². The van der Waals surface area contributed by atoms with Gasteiger partial charge in [-0.15, -0.1) is 0 Å². The molecule has 2 fully saturated rings. The van der Waals surface area contributed by atoms with E-state index in [9.17, 15) is 4.39 Å². The number of benzene rings is 1. The van der Waals surface area contributed by atoms with E-state index in [1.54, 1.807) is 6.07 Å². The van der Waals surface area contributed by atoms with E-state index in [1.165, 1.54) is 25.3 Å². The molecular formula is C17H23BrFN. The van der Waals surface area contributed by atoms with E-state index in [0.717, 1.165) is 16.0 Å². The van der Waals surface area contributed by atoms with Crippen molar-refractivity contribution >= 4 is 15.9 Å². The van der Waals surface area contributed by atoms with Gasteiger partial charge >= 0.3 is 0 Å². The summed E-state index contributed by atoms with van der Waals surface area (Å²) < 4.78 is 14.8. The Hall–Kier alpha value is -0.410. The van der Waals surface area contributed by atoms with Crippen molar-refractivity contribution < 1.29 is 4.39 Å². The van der Waals surface area contributed by atoms with Crippen LogP contribution in [0.1, 0.15) is 45.6 Å². The molecule has 2 aliphatic carbocycles. The van der Waals surface area contributed by atoms with E-state index in [-0.39, 0.29) is 5.82 Å². The van der Waals surface area contributed by atoms with Crippen LogP contribution in [0.25, 0.3) is 0 Å². The minimum Gasteiger partial charge on any atom is -0.309 e. The zero-order valence-corrected chi connectivity index (χ0v) is 14.1. The molecule has 0 amide bonds. The third-order valence-electron chi connectivity index (χ3n) is 5.77. The number of rotatable bonds is 3. The molecule has 2 saturated carbocycles. The predicted octanol–water partition coefficient (Wildman–Crippen LogP) is 4.89. The molecule has 110 valence electrons. The van der Waals surface area contributed by atoms with Crippen LogP contribution in [0.2, 0.25) is 0 Å². The van der Waals surface area contributed by atoms with Crippen molar-refractivity contribution in [3.63, 3.8) is 0 Å². The van der Waals surface area contributed by atoms with Crippen LogP contribution in [0, 0.1) is 22.6 Å². The number of hydrogen-bond acceptors (Lipinski definition) is 1. The smallest absolute Gasteiger partial charge is 0.127 e. The van der Waals surface area contributed by atoms with Crippen LogP contribution in [0.15, 0.2) is 22.7 Å². The first-order chi connectivity index (χ1) is 9.33. The van der Waals surface area contributed by atoms with Gasteiger partial charge in [0.2, 0.25) is 0 Å². The van der Waals surface area contributed by atoms with Gasteiger partial charge in [-0.3, -0.25) is 0 Å². The summed E-state index contributed by atoms with van der Waals surface area (Å²) in [5.41, 5.74) is 1.45. The summed E-state index contributed by atoms with van der Waals surface area (Å²) in [7, 11) is 0. The zero-order valence-electron chi connectivity index (χ0n) is 12.5. The molecule has 3 heteroatoms. The standard InChI is InChI=1S/C17H23BrFN/c1-16(2)12-6-7-17(3,9-12)15(16)20-10-11-8-13(18)4-5-14(11)19/h4-5,8,12,15,20H,6-7,9-10H2,1-3H3/t12-,15?,17+/m0/s1. The van der Waals surface area contributed by atoms with E-state index in [4.69, 9.17) is 0 Å². The summed E-state index contributed by atoms with van der Waals surface area (Å²) in [5, 5.41) is 3.67. The van der Waals surface area contributed by atoms with Crippen LogP contribution in [0.3, 0.4) is 0 Å². The molecule has 0 radical (unpaired) electrons. The molecular weight excluding hydrogens is 317 g/mol. The van der Waals surface area contributed by atoms with Crippen LogP contribution in [-0.2, 0) is 6.54 Å². The van der Waals surface area contributed by atoms with Crippen molar-refractivity contribution in [3.05, 3.63) is 34.1 Å². The van der Waals surface area contributed by atoms with E-state index >= 15 is 0 Å². The molecule has 0 spiro atoms. The second-order valence-electron chi connectivity index (χ2n) is 7.46. The molecule has 1 aromatic carbocycles. The fourth-order valence-corrected chi connectivity index (χ4v) is 5.11. The summed E-state index contributed by atoms with van der Waals surface area (Å²) in [5.74, 6) is 0.698. The maximum absolute atomic E-state index is 13.9. The van der Waals surface area contributed by atoms with Crippen LogP contribution in [0.5, 0.6) is 0 Å². The Morgan fingerprint density at radius 2 is 2.10 bits per heavy atom. The monoisotopic (exact) mass is 339 g/mol. The second kappa shape index (κ2) is 4.81. The summed E-state index contributed by atoms with van der Waals surface area (Å²) in [6.07, 6.45) is 3.98. The summed E-state index contributed by atoms with van der Waals surface area (Å²) >= 11 is 3.42. The molecule has 0 saturated heterocycles. The van der Waals surface area contributed by atoms with E-state index in [0.29, 0.717) is 23.4 Å². The van der Waals surface area contributed by atoms with Gasteiger partial charge in [-0.2, -0.15) is 0 Å². The third kappa shape index (κ3) is 2.23. The van der Waals surface area contributed by atoms with Gasteiger partial charge in [-0.25, -0.2) is 4.39 Å². The fraction of sp³-hybridized carbons (Fsp3) is 0.647. The number of hydrogen-bond donors (Lipinski definition) is 1. The van der Waals surface area contributed by atoms with E-state index < -0.39 is 0 Å². The maximum atomic E-state index is 13.9. The Balaban J connectivity index is 1.77. The average Bonchev–Trinajstić information content (AvgIpc) is 2.84. The van der Waals surface area contributed by atoms with E-state index in [1.807, 2.05) is 6.07 Å². The van der Waals surface area contributed by atoms with Gasteiger partial charge in [0.25, 0.3) is 0 Å². The lowest BCUT2D eigenvalue weighted by Crippen LogP contribution is -2.50. The molecule has 3 atom stereocenters. The Morgan fingerprint density at radius 1 is 1.35 bits per heavy atom. The molecule has 0 aliphatic heterocycles. The van der Waals surface area contributed by atoms with Crippen LogP contribution in [0.4, 0.5) is 4.39 Å². The Morgan fingerprint density at radius 3 is 2.75 bits per heavy atom. The minimum absolute atomic E-state index is 0.119. The van der Waals surface area contributed by atoms with Crippen molar-refractivity contribution in [1.82, 2.24) is 5.32 Å². The van der Waals surface area contributed by atoms with Crippen molar-refractivity contribution in [2.45, 2.75) is 52.6 Å². The largest absolute Gasteiger partial charge is 0.309 e. The Bertz CT molecular complexity index is 523. The highest BCUT2D eigenvalue weighted by Gasteiger charge is 2.58. The molecule has 2 aliphatic rings. The molecule has 0 aromatic heterocycles. The lowest BCUT2D eigenvalue weighted by atomic mass is 9.68. The van der Waals surface area contributed by atoms with Gasteiger partial charge in [-0.05, 0) is 54.2 Å². The minimum atomic E-state index is -0.119. The fourth-order valence-electron chi connectivity index (χ4n) is 4.70. The van der Waals surface area contributed by atoms with Crippen molar-refractivity contribution in [3.8, 4) is 0 Å². The first-order valence-corrected chi connectivity index (χ1v) is 8.29. The van der Waals surface area contributed by atoms with Gasteiger partial charge in [0.1, 0.15) is 5.82 Å². The van der Waals surface area contributed by atoms with E-state index in [2.05, 4.69) is 42.0 Å². The topological polar surface area (TPSA) is 12.0 Å². The molecule has 3 rings (SSSR count). The van der Waals surface area contributed by atoms with Crippen molar-refractivity contribution in [1.29, 1.82) is 0 Å². The predicted molar refractivity (Wildman–Crippen MR) is 84.0 cm³/mol. The quantitative estimate of drug-likeness (QED) is 0.826. The maximum Gasteiger partial charge on any atom is 0.127 e. The van der Waals surface area contributed by atoms with Crippen molar-refractivity contribution in [2.75, 3.05) is 0 Å². The first-order valence-electron chi connectivity index (χ1n) is 7.50. The molecule has 0 heterocycles. The first kappa shape index (κ1) is 14.5. The number of halogens is 2. The highest BCUT2D eigenvalue weighted by Crippen LogP contribution is 2.62. The average molecular weight is 340 g/mol. The lowest BCUT2D eigenvalue weighted by Gasteiger charge is -2.43. The van der Waals surface area contributed by atoms with Gasteiger partial charge in [0.05, 0.1) is 0 Å².